The van der Waals surface area contributed by atoms with Crippen LogP contribution in [-0.2, 0) is 4.79 Å². The number of carboxylic acid groups (broad SMARTS) is 1. The predicted octanol–water partition coefficient (Wildman–Crippen LogP) is 4.87. The highest BCUT2D eigenvalue weighted by atomic mass is 16.4. The molecule has 0 bridgehead atoms. The molecule has 0 aliphatic carbocycles. The number of hydrogen-bond donors (Lipinski definition) is 1. The van der Waals surface area contributed by atoms with Gasteiger partial charge < -0.3 is 5.11 Å². The summed E-state index contributed by atoms with van der Waals surface area (Å²) in [7, 11) is 0. The average Bonchev–Trinajstić information content (AvgIpc) is 2.27. The molecule has 2 atom stereocenters. The van der Waals surface area contributed by atoms with Crippen LogP contribution in [0.25, 0.3) is 0 Å². The molecule has 2 unspecified atom stereocenters. The fourth-order valence-corrected chi connectivity index (χ4v) is 2.23. The van der Waals surface area contributed by atoms with E-state index in [1.54, 1.807) is 6.92 Å². The summed E-state index contributed by atoms with van der Waals surface area (Å²) in [6, 6.07) is 0. The fraction of sp³-hybridized carbons (Fsp3) is 0.933. The summed E-state index contributed by atoms with van der Waals surface area (Å²) in [6.45, 7) is 6.40. The van der Waals surface area contributed by atoms with Gasteiger partial charge in [-0.25, -0.2) is 0 Å². The topological polar surface area (TPSA) is 37.3 Å². The van der Waals surface area contributed by atoms with Gasteiger partial charge in [-0.15, -0.1) is 0 Å². The molecule has 2 heteroatoms. The Labute approximate surface area is 107 Å². The lowest BCUT2D eigenvalue weighted by molar-refractivity contribution is -0.141. The molecule has 0 aliphatic heterocycles. The smallest absolute Gasteiger partial charge is 0.306 e. The first kappa shape index (κ1) is 16.5. The van der Waals surface area contributed by atoms with Crippen LogP contribution < -0.4 is 0 Å². The summed E-state index contributed by atoms with van der Waals surface area (Å²) in [5.74, 6) is 0.0602. The Morgan fingerprint density at radius 2 is 1.47 bits per heavy atom. The summed E-state index contributed by atoms with van der Waals surface area (Å²) in [5, 5.41) is 8.73. The molecule has 102 valence electrons. The molecule has 0 aromatic carbocycles. The molecular weight excluding hydrogens is 212 g/mol. The van der Waals surface area contributed by atoms with Gasteiger partial charge in [0.05, 0.1) is 5.92 Å². The van der Waals surface area contributed by atoms with Crippen LogP contribution in [0.3, 0.4) is 0 Å². The first-order valence-electron chi connectivity index (χ1n) is 7.30. The Balaban J connectivity index is 3.21. The van der Waals surface area contributed by atoms with Crippen molar-refractivity contribution < 1.29 is 9.90 Å². The van der Waals surface area contributed by atoms with Crippen molar-refractivity contribution in [3.63, 3.8) is 0 Å². The van der Waals surface area contributed by atoms with Crippen LogP contribution in [0, 0.1) is 11.8 Å². The van der Waals surface area contributed by atoms with Crippen LogP contribution in [0.2, 0.25) is 0 Å². The van der Waals surface area contributed by atoms with E-state index in [2.05, 4.69) is 13.8 Å². The van der Waals surface area contributed by atoms with E-state index >= 15 is 0 Å². The molecule has 0 aliphatic rings. The molecule has 0 radical (unpaired) electrons. The fourth-order valence-electron chi connectivity index (χ4n) is 2.23. The Kier molecular flexibility index (Phi) is 10.3. The van der Waals surface area contributed by atoms with Gasteiger partial charge in [-0.1, -0.05) is 72.1 Å². The van der Waals surface area contributed by atoms with Gasteiger partial charge in [0.15, 0.2) is 0 Å². The molecule has 2 nitrogen and oxygen atoms in total. The van der Waals surface area contributed by atoms with Crippen LogP contribution in [-0.4, -0.2) is 11.1 Å². The highest BCUT2D eigenvalue weighted by Gasteiger charge is 2.09. The maximum absolute atomic E-state index is 10.6. The van der Waals surface area contributed by atoms with Gasteiger partial charge in [-0.05, 0) is 12.3 Å². The van der Waals surface area contributed by atoms with Crippen LogP contribution in [0.1, 0.15) is 78.6 Å². The molecule has 17 heavy (non-hydrogen) atoms. The van der Waals surface area contributed by atoms with Crippen LogP contribution >= 0.6 is 0 Å². The van der Waals surface area contributed by atoms with E-state index < -0.39 is 5.97 Å². The molecule has 0 aromatic heterocycles. The van der Waals surface area contributed by atoms with E-state index in [-0.39, 0.29) is 5.92 Å². The normalized spacial score (nSPS) is 14.5. The van der Waals surface area contributed by atoms with E-state index in [0.29, 0.717) is 0 Å². The van der Waals surface area contributed by atoms with E-state index in [1.807, 2.05) is 0 Å². The largest absolute Gasteiger partial charge is 0.481 e. The second-order valence-electron chi connectivity index (χ2n) is 5.48. The number of carboxylic acids is 1. The van der Waals surface area contributed by atoms with Crippen LogP contribution in [0.4, 0.5) is 0 Å². The number of carbonyl (C=O) groups is 1. The second kappa shape index (κ2) is 10.6. The third kappa shape index (κ3) is 10.3. The van der Waals surface area contributed by atoms with Gasteiger partial charge in [-0.3, -0.25) is 4.79 Å². The molecular formula is C15H30O2. The van der Waals surface area contributed by atoms with E-state index in [9.17, 15) is 4.79 Å². The lowest BCUT2D eigenvalue weighted by Crippen LogP contribution is -2.08. The number of unbranched alkanes of at least 4 members (excludes halogenated alkanes) is 4. The summed E-state index contributed by atoms with van der Waals surface area (Å²) in [6.07, 6.45) is 11.0. The average molecular weight is 242 g/mol. The highest BCUT2D eigenvalue weighted by molar-refractivity contribution is 5.69. The van der Waals surface area contributed by atoms with E-state index in [4.69, 9.17) is 5.11 Å². The predicted molar refractivity (Wildman–Crippen MR) is 73.2 cm³/mol. The molecule has 0 aromatic rings. The number of hydrogen-bond acceptors (Lipinski definition) is 1. The minimum atomic E-state index is -0.654. The molecule has 1 N–H and O–H groups in total. The first-order valence-corrected chi connectivity index (χ1v) is 7.30. The van der Waals surface area contributed by atoms with Crippen molar-refractivity contribution in [2.45, 2.75) is 78.6 Å². The molecule has 0 heterocycles. The maximum Gasteiger partial charge on any atom is 0.306 e. The third-order valence-corrected chi connectivity index (χ3v) is 3.54. The van der Waals surface area contributed by atoms with Crippen molar-refractivity contribution in [2.24, 2.45) is 11.8 Å². The van der Waals surface area contributed by atoms with Gasteiger partial charge in [0.1, 0.15) is 0 Å². The number of aliphatic carboxylic acids is 1. The highest BCUT2D eigenvalue weighted by Crippen LogP contribution is 2.16. The zero-order chi connectivity index (χ0) is 13.1. The standard InChI is InChI=1S/C15H30O2/c1-4-10-13(2)11-8-6-5-7-9-12-14(3)15(16)17/h13-14H,4-12H2,1-3H3,(H,16,17). The monoisotopic (exact) mass is 242 g/mol. The zero-order valence-corrected chi connectivity index (χ0v) is 11.9. The van der Waals surface area contributed by atoms with Gasteiger partial charge in [0.25, 0.3) is 0 Å². The Morgan fingerprint density at radius 3 is 2.00 bits per heavy atom. The number of rotatable bonds is 11. The molecule has 0 fully saturated rings. The summed E-state index contributed by atoms with van der Waals surface area (Å²) < 4.78 is 0. The minimum absolute atomic E-state index is 0.167. The molecule has 0 rings (SSSR count). The second-order valence-corrected chi connectivity index (χ2v) is 5.48. The van der Waals surface area contributed by atoms with E-state index in [0.717, 1.165) is 18.8 Å². The van der Waals surface area contributed by atoms with Crippen molar-refractivity contribution in [1.29, 1.82) is 0 Å². The SMILES string of the molecule is CCCC(C)CCCCCCCC(C)C(=O)O. The van der Waals surface area contributed by atoms with Gasteiger partial charge in [0.2, 0.25) is 0 Å². The van der Waals surface area contributed by atoms with Gasteiger partial charge >= 0.3 is 5.97 Å². The lowest BCUT2D eigenvalue weighted by atomic mass is 9.97. The molecule has 0 saturated heterocycles. The van der Waals surface area contributed by atoms with Gasteiger partial charge in [0, 0.05) is 0 Å². The summed E-state index contributed by atoms with van der Waals surface area (Å²) in [4.78, 5) is 10.6. The molecule has 0 saturated carbocycles. The molecule has 0 amide bonds. The van der Waals surface area contributed by atoms with Crippen molar-refractivity contribution in [1.82, 2.24) is 0 Å². The minimum Gasteiger partial charge on any atom is -0.481 e. The molecule has 0 spiro atoms. The van der Waals surface area contributed by atoms with Crippen molar-refractivity contribution in [3.8, 4) is 0 Å². The zero-order valence-electron chi connectivity index (χ0n) is 11.9. The summed E-state index contributed by atoms with van der Waals surface area (Å²) >= 11 is 0. The Hall–Kier alpha value is -0.530. The van der Waals surface area contributed by atoms with E-state index in [1.165, 1.54) is 44.9 Å². The van der Waals surface area contributed by atoms with Crippen molar-refractivity contribution >= 4 is 5.97 Å². The third-order valence-electron chi connectivity index (χ3n) is 3.54. The van der Waals surface area contributed by atoms with Crippen LogP contribution in [0.15, 0.2) is 0 Å². The van der Waals surface area contributed by atoms with Gasteiger partial charge in [-0.2, -0.15) is 0 Å². The van der Waals surface area contributed by atoms with Crippen molar-refractivity contribution in [2.75, 3.05) is 0 Å². The quantitative estimate of drug-likeness (QED) is 0.525. The van der Waals surface area contributed by atoms with Crippen molar-refractivity contribution in [3.05, 3.63) is 0 Å². The maximum atomic E-state index is 10.6. The van der Waals surface area contributed by atoms with Crippen LogP contribution in [0.5, 0.6) is 0 Å². The summed E-state index contributed by atoms with van der Waals surface area (Å²) in [5.41, 5.74) is 0. The Morgan fingerprint density at radius 1 is 0.941 bits per heavy atom. The Bertz CT molecular complexity index is 189. The first-order chi connectivity index (χ1) is 8.07. The lowest BCUT2D eigenvalue weighted by Gasteiger charge is -2.09.